The molecule has 2 aromatic heterocycles. The van der Waals surface area contributed by atoms with Crippen molar-refractivity contribution in [2.45, 2.75) is 52.4 Å². The number of methoxy groups -OCH3 is 1. The van der Waals surface area contributed by atoms with Crippen LogP contribution in [0, 0.1) is 0 Å². The van der Waals surface area contributed by atoms with Crippen molar-refractivity contribution in [1.82, 2.24) is 14.4 Å². The maximum absolute atomic E-state index is 11.9. The summed E-state index contributed by atoms with van der Waals surface area (Å²) in [5.41, 5.74) is 3.77. The molecule has 1 unspecified atom stereocenters. The van der Waals surface area contributed by atoms with Gasteiger partial charge in [0, 0.05) is 25.7 Å². The fourth-order valence-electron chi connectivity index (χ4n) is 3.38. The molecule has 0 spiro atoms. The molecule has 1 atom stereocenters. The number of rotatable bonds is 10. The van der Waals surface area contributed by atoms with Crippen molar-refractivity contribution in [3.05, 3.63) is 35.5 Å². The third-order valence-electron chi connectivity index (χ3n) is 5.11. The van der Waals surface area contributed by atoms with Gasteiger partial charge in [-0.3, -0.25) is 4.79 Å². The summed E-state index contributed by atoms with van der Waals surface area (Å²) in [5.74, 6) is 1.21. The summed E-state index contributed by atoms with van der Waals surface area (Å²) in [7, 11) is 1.61. The van der Waals surface area contributed by atoms with Gasteiger partial charge in [0.2, 0.25) is 18.5 Å². The Morgan fingerprint density at radius 3 is 2.72 bits per heavy atom. The van der Waals surface area contributed by atoms with Gasteiger partial charge in [-0.2, -0.15) is 0 Å². The molecule has 0 radical (unpaired) electrons. The summed E-state index contributed by atoms with van der Waals surface area (Å²) in [5, 5.41) is 0. The first kappa shape index (κ1) is 21.0. The van der Waals surface area contributed by atoms with E-state index in [1.165, 1.54) is 0 Å². The van der Waals surface area contributed by atoms with Gasteiger partial charge in [0.15, 0.2) is 0 Å². The minimum Gasteiger partial charge on any atom is -0.441 e. The quantitative estimate of drug-likeness (QED) is 0.288. The molecule has 29 heavy (non-hydrogen) atoms. The lowest BCUT2D eigenvalue weighted by atomic mass is 9.99. The van der Waals surface area contributed by atoms with Gasteiger partial charge in [-0.25, -0.2) is 14.4 Å². The van der Waals surface area contributed by atoms with Crippen molar-refractivity contribution in [3.8, 4) is 5.88 Å². The largest absolute Gasteiger partial charge is 0.441 e. The lowest BCUT2D eigenvalue weighted by Crippen LogP contribution is -2.15. The summed E-state index contributed by atoms with van der Waals surface area (Å²) in [4.78, 5) is 21.5. The second-order valence-corrected chi connectivity index (χ2v) is 7.05. The number of aromatic nitrogens is 3. The second-order valence-electron chi connectivity index (χ2n) is 7.05. The molecule has 0 fully saturated rings. The van der Waals surface area contributed by atoms with Crippen LogP contribution in [0.2, 0.25) is 0 Å². The van der Waals surface area contributed by atoms with E-state index in [-0.39, 0.29) is 18.7 Å². The Labute approximate surface area is 171 Å². The third kappa shape index (κ3) is 4.50. The molecule has 3 rings (SSSR count). The Morgan fingerprint density at radius 1 is 1.21 bits per heavy atom. The minimum atomic E-state index is -0.303. The highest BCUT2D eigenvalue weighted by Gasteiger charge is 2.21. The van der Waals surface area contributed by atoms with Crippen LogP contribution in [0.5, 0.6) is 5.88 Å². The van der Waals surface area contributed by atoms with Crippen molar-refractivity contribution in [1.29, 1.82) is 0 Å². The molecule has 0 aliphatic heterocycles. The van der Waals surface area contributed by atoms with E-state index in [4.69, 9.17) is 19.2 Å². The van der Waals surface area contributed by atoms with Gasteiger partial charge in [0.05, 0.1) is 16.7 Å². The molecular weight excluding hydrogens is 370 g/mol. The van der Waals surface area contributed by atoms with Crippen LogP contribution in [0.4, 0.5) is 0 Å². The third-order valence-corrected chi connectivity index (χ3v) is 5.11. The molecule has 3 aromatic rings. The van der Waals surface area contributed by atoms with Crippen LogP contribution in [0.1, 0.15) is 57.2 Å². The van der Waals surface area contributed by atoms with E-state index < -0.39 is 0 Å². The summed E-state index contributed by atoms with van der Waals surface area (Å²) >= 11 is 0. The van der Waals surface area contributed by atoms with Crippen LogP contribution in [0.15, 0.2) is 24.3 Å². The molecule has 0 saturated heterocycles. The van der Waals surface area contributed by atoms with E-state index in [2.05, 4.69) is 25.8 Å². The number of imidazole rings is 1. The first-order valence-electron chi connectivity index (χ1n) is 10.2. The van der Waals surface area contributed by atoms with Crippen molar-refractivity contribution >= 4 is 22.8 Å². The first-order chi connectivity index (χ1) is 14.1. The zero-order valence-corrected chi connectivity index (χ0v) is 17.6. The summed E-state index contributed by atoms with van der Waals surface area (Å²) < 4.78 is 18.2. The van der Waals surface area contributed by atoms with E-state index in [9.17, 15) is 4.79 Å². The standard InChI is InChI=1S/C22H29N3O4/c1-5-15(3)20-16(6-2)21(29-14-28-19(26)12-9-13-27-4)25-18-11-8-7-10-17(18)23-22(25)24-20/h7-8,10-11,15H,5-6,9,12-14H2,1-4H3. The fourth-order valence-corrected chi connectivity index (χ4v) is 3.38. The number of hydrogen-bond donors (Lipinski definition) is 0. The van der Waals surface area contributed by atoms with E-state index >= 15 is 0 Å². The topological polar surface area (TPSA) is 75.0 Å². The zero-order chi connectivity index (χ0) is 20.8. The summed E-state index contributed by atoms with van der Waals surface area (Å²) in [6, 6.07) is 7.86. The van der Waals surface area contributed by atoms with Crippen LogP contribution < -0.4 is 4.74 Å². The average Bonchev–Trinajstić information content (AvgIpc) is 3.11. The number of carbonyl (C=O) groups is 1. The highest BCUT2D eigenvalue weighted by atomic mass is 16.7. The molecule has 1 aromatic carbocycles. The lowest BCUT2D eigenvalue weighted by Gasteiger charge is -2.19. The maximum atomic E-state index is 11.9. The molecule has 0 N–H and O–H groups in total. The molecular formula is C22H29N3O4. The van der Waals surface area contributed by atoms with Crippen molar-refractivity contribution in [3.63, 3.8) is 0 Å². The van der Waals surface area contributed by atoms with Crippen molar-refractivity contribution in [2.75, 3.05) is 20.5 Å². The predicted octanol–water partition coefficient (Wildman–Crippen LogP) is 4.26. The van der Waals surface area contributed by atoms with Gasteiger partial charge in [-0.1, -0.05) is 32.9 Å². The SMILES string of the molecule is CCc1c(C(C)CC)nc2nc3ccccc3n2c1OCOC(=O)CCCOC. The normalized spacial score (nSPS) is 12.4. The van der Waals surface area contributed by atoms with E-state index in [1.807, 2.05) is 28.7 Å². The average molecular weight is 399 g/mol. The molecule has 0 aliphatic rings. The van der Waals surface area contributed by atoms with Gasteiger partial charge in [-0.15, -0.1) is 0 Å². The van der Waals surface area contributed by atoms with Crippen molar-refractivity contribution in [2.24, 2.45) is 0 Å². The molecule has 7 nitrogen and oxygen atoms in total. The molecule has 0 amide bonds. The summed E-state index contributed by atoms with van der Waals surface area (Å²) in [6.45, 7) is 6.75. The van der Waals surface area contributed by atoms with Crippen LogP contribution >= 0.6 is 0 Å². The minimum absolute atomic E-state index is 0.148. The number of nitrogens with zero attached hydrogens (tertiary/aromatic N) is 3. The van der Waals surface area contributed by atoms with Crippen LogP contribution in [0.25, 0.3) is 16.8 Å². The zero-order valence-electron chi connectivity index (χ0n) is 17.6. The Kier molecular flexibility index (Phi) is 7.04. The number of hydrogen-bond acceptors (Lipinski definition) is 6. The molecule has 0 aliphatic carbocycles. The molecule has 2 heterocycles. The molecule has 7 heteroatoms. The Bertz CT molecular complexity index is 983. The monoisotopic (exact) mass is 399 g/mol. The fraction of sp³-hybridized carbons (Fsp3) is 0.500. The molecule has 0 saturated carbocycles. The van der Waals surface area contributed by atoms with Crippen LogP contribution in [-0.4, -0.2) is 40.8 Å². The first-order valence-corrected chi connectivity index (χ1v) is 10.2. The number of esters is 1. The predicted molar refractivity (Wildman–Crippen MR) is 111 cm³/mol. The number of fused-ring (bicyclic) bond motifs is 3. The van der Waals surface area contributed by atoms with Gasteiger partial charge < -0.3 is 14.2 Å². The van der Waals surface area contributed by atoms with Gasteiger partial charge in [-0.05, 0) is 37.3 Å². The summed E-state index contributed by atoms with van der Waals surface area (Å²) in [6.07, 6.45) is 2.64. The molecule has 156 valence electrons. The van der Waals surface area contributed by atoms with Gasteiger partial charge in [0.25, 0.3) is 0 Å². The van der Waals surface area contributed by atoms with E-state index in [0.29, 0.717) is 31.1 Å². The lowest BCUT2D eigenvalue weighted by molar-refractivity contribution is -0.150. The van der Waals surface area contributed by atoms with E-state index in [0.717, 1.165) is 35.1 Å². The number of ether oxygens (including phenoxy) is 3. The Balaban J connectivity index is 1.97. The Hall–Kier alpha value is -2.67. The highest BCUT2D eigenvalue weighted by Crippen LogP contribution is 2.32. The number of benzene rings is 1. The molecule has 0 bridgehead atoms. The maximum Gasteiger partial charge on any atom is 0.308 e. The van der Waals surface area contributed by atoms with Crippen molar-refractivity contribution < 1.29 is 19.0 Å². The highest BCUT2D eigenvalue weighted by molar-refractivity contribution is 5.80. The van der Waals surface area contributed by atoms with Crippen LogP contribution in [-0.2, 0) is 20.7 Å². The number of carbonyl (C=O) groups excluding carboxylic acids is 1. The second kappa shape index (κ2) is 9.69. The van der Waals surface area contributed by atoms with Gasteiger partial charge >= 0.3 is 5.97 Å². The number of para-hydroxylation sites is 2. The van der Waals surface area contributed by atoms with Gasteiger partial charge in [0.1, 0.15) is 0 Å². The smallest absolute Gasteiger partial charge is 0.308 e. The Morgan fingerprint density at radius 2 is 2.00 bits per heavy atom. The van der Waals surface area contributed by atoms with Crippen LogP contribution in [0.3, 0.4) is 0 Å². The van der Waals surface area contributed by atoms with E-state index in [1.54, 1.807) is 7.11 Å².